The Balaban J connectivity index is 1.94. The zero-order chi connectivity index (χ0) is 15.1. The van der Waals surface area contributed by atoms with Crippen LogP contribution in [-0.4, -0.2) is 32.0 Å². The van der Waals surface area contributed by atoms with Crippen molar-refractivity contribution in [3.05, 3.63) is 54.1 Å². The van der Waals surface area contributed by atoms with Crippen LogP contribution in [0.5, 0.6) is 0 Å². The van der Waals surface area contributed by atoms with Gasteiger partial charge in [-0.3, -0.25) is 0 Å². The molecule has 0 saturated heterocycles. The average Bonchev–Trinajstić information content (AvgIpc) is 2.92. The molecule has 2 heterocycles. The van der Waals surface area contributed by atoms with E-state index >= 15 is 0 Å². The molecule has 106 valence electrons. The molecule has 2 aromatic heterocycles. The number of aromatic nitrogens is 3. The first-order chi connectivity index (χ1) is 10.7. The fraction of sp³-hybridized carbons (Fsp3) is 0.0588. The number of rotatable bonds is 2. The molecule has 0 fully saturated rings. The Morgan fingerprint density at radius 3 is 2.64 bits per heavy atom. The topological polar surface area (TPSA) is 53.6 Å². The number of aryl methyl sites for hydroxylation is 1. The molecular formula is C17H13AsN4. The first-order valence-corrected chi connectivity index (χ1v) is 7.96. The number of hydrogen-bond donors (Lipinski definition) is 2. The van der Waals surface area contributed by atoms with Crippen molar-refractivity contribution in [2.24, 2.45) is 0 Å². The van der Waals surface area contributed by atoms with Gasteiger partial charge >= 0.3 is 136 Å². The van der Waals surface area contributed by atoms with Gasteiger partial charge < -0.3 is 0 Å². The van der Waals surface area contributed by atoms with Crippen molar-refractivity contribution in [1.29, 1.82) is 0 Å². The summed E-state index contributed by atoms with van der Waals surface area (Å²) < 4.78 is 0.954. The molecule has 0 aliphatic carbocycles. The Morgan fingerprint density at radius 2 is 1.82 bits per heavy atom. The first-order valence-electron chi connectivity index (χ1n) is 7.02. The standard InChI is InChI=1S/C17H13AsN4/c1-10-6-8-11(9-7-10)19-17-14-15(21-22-16(14)18)12-4-2-3-5-13(12)20-17/h2-9H,1H3,(H,19,20)(H,21,22). The normalized spacial score (nSPS) is 11.2. The van der Waals surface area contributed by atoms with Gasteiger partial charge in [-0.05, 0) is 0 Å². The van der Waals surface area contributed by atoms with Crippen LogP contribution in [0.3, 0.4) is 0 Å². The van der Waals surface area contributed by atoms with Crippen molar-refractivity contribution >= 4 is 54.6 Å². The van der Waals surface area contributed by atoms with E-state index in [9.17, 15) is 0 Å². The number of benzene rings is 2. The molecule has 0 aliphatic heterocycles. The maximum absolute atomic E-state index is 4.77. The number of hydrogen-bond acceptors (Lipinski definition) is 3. The average molecular weight is 348 g/mol. The fourth-order valence-electron chi connectivity index (χ4n) is 2.56. The van der Waals surface area contributed by atoms with Crippen molar-refractivity contribution in [2.75, 3.05) is 5.32 Å². The number of aromatic amines is 1. The summed E-state index contributed by atoms with van der Waals surface area (Å²) in [6.07, 6.45) is 0. The zero-order valence-corrected chi connectivity index (χ0v) is 13.8. The van der Waals surface area contributed by atoms with Crippen molar-refractivity contribution in [3.8, 4) is 0 Å². The molecule has 2 aromatic carbocycles. The van der Waals surface area contributed by atoms with Crippen LogP contribution in [-0.2, 0) is 0 Å². The molecule has 0 saturated carbocycles. The van der Waals surface area contributed by atoms with Gasteiger partial charge in [0.2, 0.25) is 0 Å². The van der Waals surface area contributed by atoms with Gasteiger partial charge in [0.15, 0.2) is 0 Å². The number of pyridine rings is 1. The number of nitrogens with zero attached hydrogens (tertiary/aromatic N) is 2. The van der Waals surface area contributed by atoms with E-state index in [1.54, 1.807) is 0 Å². The predicted molar refractivity (Wildman–Crippen MR) is 91.2 cm³/mol. The number of fused-ring (bicyclic) bond motifs is 3. The molecule has 0 atom stereocenters. The zero-order valence-electron chi connectivity index (χ0n) is 12.0. The van der Waals surface area contributed by atoms with Crippen molar-refractivity contribution in [3.63, 3.8) is 0 Å². The molecule has 2 N–H and O–H groups in total. The van der Waals surface area contributed by atoms with E-state index in [0.717, 1.165) is 37.8 Å². The Kier molecular flexibility index (Phi) is 3.12. The molecule has 2 radical (unpaired) electrons. The molecule has 4 nitrogen and oxygen atoms in total. The molecule has 0 unspecified atom stereocenters. The van der Waals surface area contributed by atoms with Crippen LogP contribution in [0.15, 0.2) is 48.5 Å². The monoisotopic (exact) mass is 348 g/mol. The van der Waals surface area contributed by atoms with E-state index in [0.29, 0.717) is 0 Å². The molecule has 22 heavy (non-hydrogen) atoms. The van der Waals surface area contributed by atoms with Gasteiger partial charge in [-0.2, -0.15) is 0 Å². The Labute approximate surface area is 136 Å². The quantitative estimate of drug-likeness (QED) is 0.548. The minimum absolute atomic E-state index is 0.821. The third-order valence-electron chi connectivity index (χ3n) is 3.69. The number of H-pyrrole nitrogens is 1. The molecule has 0 aliphatic rings. The second kappa shape index (κ2) is 5.15. The Bertz CT molecular complexity index is 973. The van der Waals surface area contributed by atoms with Crippen molar-refractivity contribution in [1.82, 2.24) is 15.2 Å². The van der Waals surface area contributed by atoms with Crippen molar-refractivity contribution in [2.45, 2.75) is 6.92 Å². The van der Waals surface area contributed by atoms with Crippen LogP contribution in [0.4, 0.5) is 11.5 Å². The van der Waals surface area contributed by atoms with Crippen LogP contribution in [0.1, 0.15) is 5.56 Å². The van der Waals surface area contributed by atoms with Crippen LogP contribution in [0, 0.1) is 6.92 Å². The summed E-state index contributed by atoms with van der Waals surface area (Å²) in [6, 6.07) is 16.3. The van der Waals surface area contributed by atoms with Gasteiger partial charge in [0.05, 0.1) is 0 Å². The molecule has 4 aromatic rings. The van der Waals surface area contributed by atoms with Crippen LogP contribution < -0.4 is 9.80 Å². The Morgan fingerprint density at radius 1 is 1.05 bits per heavy atom. The number of nitrogens with one attached hydrogen (secondary N) is 2. The van der Waals surface area contributed by atoms with E-state index in [4.69, 9.17) is 4.98 Å². The summed E-state index contributed by atoms with van der Waals surface area (Å²) in [5.41, 5.74) is 4.13. The van der Waals surface area contributed by atoms with E-state index in [2.05, 4.69) is 63.6 Å². The minimum atomic E-state index is 0.821. The van der Waals surface area contributed by atoms with Gasteiger partial charge in [0.25, 0.3) is 0 Å². The second-order valence-electron chi connectivity index (χ2n) is 5.26. The molecule has 0 bridgehead atoms. The van der Waals surface area contributed by atoms with Gasteiger partial charge in [-0.25, -0.2) is 0 Å². The van der Waals surface area contributed by atoms with Crippen LogP contribution in [0.25, 0.3) is 21.8 Å². The summed E-state index contributed by atoms with van der Waals surface area (Å²) in [5, 5.41) is 13.0. The number of anilines is 2. The van der Waals surface area contributed by atoms with E-state index in [1.165, 1.54) is 5.56 Å². The van der Waals surface area contributed by atoms with Gasteiger partial charge in [-0.1, -0.05) is 0 Å². The van der Waals surface area contributed by atoms with Gasteiger partial charge in [0, 0.05) is 0 Å². The van der Waals surface area contributed by atoms with E-state index in [-0.39, 0.29) is 0 Å². The molecule has 0 amide bonds. The van der Waals surface area contributed by atoms with E-state index < -0.39 is 0 Å². The summed E-state index contributed by atoms with van der Waals surface area (Å²) >= 11 is 2.52. The molecular weight excluding hydrogens is 335 g/mol. The van der Waals surface area contributed by atoms with Crippen molar-refractivity contribution < 1.29 is 0 Å². The summed E-state index contributed by atoms with van der Waals surface area (Å²) in [5.74, 6) is 0.821. The molecule has 5 heteroatoms. The summed E-state index contributed by atoms with van der Waals surface area (Å²) in [6.45, 7) is 2.08. The fourth-order valence-corrected chi connectivity index (χ4v) is 3.11. The summed E-state index contributed by atoms with van der Waals surface area (Å²) in [4.78, 5) is 4.77. The maximum atomic E-state index is 4.77. The van der Waals surface area contributed by atoms with Gasteiger partial charge in [0.1, 0.15) is 0 Å². The molecule has 4 rings (SSSR count). The van der Waals surface area contributed by atoms with E-state index in [1.807, 2.05) is 24.3 Å². The predicted octanol–water partition coefficient (Wildman–Crippen LogP) is 2.96. The number of para-hydroxylation sites is 1. The van der Waals surface area contributed by atoms with Crippen LogP contribution >= 0.6 is 0 Å². The second-order valence-corrected chi connectivity index (χ2v) is 6.20. The third-order valence-corrected chi connectivity index (χ3v) is 4.37. The summed E-state index contributed by atoms with van der Waals surface area (Å²) in [7, 11) is 0. The van der Waals surface area contributed by atoms with Gasteiger partial charge in [-0.15, -0.1) is 0 Å². The van der Waals surface area contributed by atoms with Crippen LogP contribution in [0.2, 0.25) is 0 Å². The third kappa shape index (κ3) is 2.16. The Hall–Kier alpha value is -2.32. The SMILES string of the molecule is Cc1ccc(Nc2nc3ccccc3c3n[nH]c([As])c23)cc1. The first kappa shape index (κ1) is 13.3. The molecule has 0 spiro atoms.